The minimum atomic E-state index is -3.85. The van der Waals surface area contributed by atoms with Crippen molar-refractivity contribution < 1.29 is 22.0 Å². The Morgan fingerprint density at radius 1 is 1.13 bits per heavy atom. The second kappa shape index (κ2) is 10.0. The molecule has 3 fully saturated rings. The Morgan fingerprint density at radius 3 is 2.49 bits per heavy atom. The molecule has 1 saturated carbocycles. The van der Waals surface area contributed by atoms with Crippen LogP contribution in [0.25, 0.3) is 5.52 Å². The largest absolute Gasteiger partial charge is 0.348 e. The lowest BCUT2D eigenvalue weighted by molar-refractivity contribution is 0.0717. The lowest BCUT2D eigenvalue weighted by Crippen LogP contribution is -2.56. The van der Waals surface area contributed by atoms with Gasteiger partial charge in [-0.05, 0) is 62.4 Å². The number of hydrogen-bond donors (Lipinski definition) is 0. The molecule has 12 heteroatoms. The molecule has 6 rings (SSSR count). The van der Waals surface area contributed by atoms with Crippen molar-refractivity contribution in [2.24, 2.45) is 0 Å². The van der Waals surface area contributed by atoms with E-state index in [0.29, 0.717) is 24.5 Å². The van der Waals surface area contributed by atoms with E-state index < -0.39 is 22.5 Å². The summed E-state index contributed by atoms with van der Waals surface area (Å²) in [6, 6.07) is 7.07. The van der Waals surface area contributed by atoms with Gasteiger partial charge in [0.05, 0.1) is 33.9 Å². The van der Waals surface area contributed by atoms with Crippen LogP contribution in [0.15, 0.2) is 41.4 Å². The van der Waals surface area contributed by atoms with Gasteiger partial charge in [0.2, 0.25) is 10.0 Å². The van der Waals surface area contributed by atoms with E-state index >= 15 is 0 Å². The Balaban J connectivity index is 1.37. The van der Waals surface area contributed by atoms with Crippen LogP contribution < -0.4 is 4.90 Å². The van der Waals surface area contributed by atoms with Gasteiger partial charge in [0.15, 0.2) is 0 Å². The van der Waals surface area contributed by atoms with Gasteiger partial charge in [-0.2, -0.15) is 0 Å². The smallest absolute Gasteiger partial charge is 0.255 e. The Labute approximate surface area is 231 Å². The van der Waals surface area contributed by atoms with E-state index in [1.807, 2.05) is 0 Å². The molecule has 0 N–H and O–H groups in total. The molecule has 4 heterocycles. The topological polar surface area (TPSA) is 78.2 Å². The summed E-state index contributed by atoms with van der Waals surface area (Å²) in [4.78, 5) is 22.2. The fourth-order valence-corrected chi connectivity index (χ4v) is 7.44. The summed E-state index contributed by atoms with van der Waals surface area (Å²) in [6.07, 6.45) is 5.61. The van der Waals surface area contributed by atoms with Crippen molar-refractivity contribution in [3.8, 4) is 0 Å². The molecule has 8 nitrogen and oxygen atoms in total. The van der Waals surface area contributed by atoms with Crippen molar-refractivity contribution in [2.75, 3.05) is 38.3 Å². The van der Waals surface area contributed by atoms with Crippen molar-refractivity contribution in [1.82, 2.24) is 18.6 Å². The van der Waals surface area contributed by atoms with Crippen molar-refractivity contribution in [1.29, 1.82) is 0 Å². The van der Waals surface area contributed by atoms with E-state index in [-0.39, 0.29) is 46.4 Å². The number of anilines is 1. The highest BCUT2D eigenvalue weighted by molar-refractivity contribution is 7.89. The third-order valence-corrected chi connectivity index (χ3v) is 10.2. The molecule has 2 saturated heterocycles. The number of imidazole rings is 1. The zero-order chi connectivity index (χ0) is 27.5. The van der Waals surface area contributed by atoms with Crippen LogP contribution in [0.2, 0.25) is 5.02 Å². The summed E-state index contributed by atoms with van der Waals surface area (Å²) in [7, 11) is -2.39. The molecule has 0 spiro atoms. The van der Waals surface area contributed by atoms with Crippen molar-refractivity contribution >= 4 is 38.9 Å². The highest BCUT2D eigenvalue weighted by Gasteiger charge is 2.44. The summed E-state index contributed by atoms with van der Waals surface area (Å²) >= 11 is 6.19. The summed E-state index contributed by atoms with van der Waals surface area (Å²) < 4.78 is 56.5. The fraction of sp³-hybridized carbons (Fsp3) is 0.481. The first-order valence-electron chi connectivity index (χ1n) is 13.3. The zero-order valence-electron chi connectivity index (χ0n) is 21.6. The number of nitrogens with zero attached hydrogens (tertiary/aromatic N) is 5. The number of piperazine rings is 1. The number of likely N-dealkylation sites (tertiary alicyclic amines) is 1. The third kappa shape index (κ3) is 4.68. The molecule has 1 aromatic carbocycles. The molecular weight excluding hydrogens is 548 g/mol. The van der Waals surface area contributed by atoms with Gasteiger partial charge in [0.1, 0.15) is 17.5 Å². The molecule has 0 unspecified atom stereocenters. The molecule has 208 valence electrons. The molecule has 39 heavy (non-hydrogen) atoms. The Kier molecular flexibility index (Phi) is 6.79. The van der Waals surface area contributed by atoms with Crippen LogP contribution in [-0.2, 0) is 10.0 Å². The SMILES string of the molecule is CN(CCCF)S(=O)(=O)c1cc(N2[C@@H]3CC[C@H]2CN(C(=O)c2ccc(F)cc2Cl)C3)n2c(C3CC3)ncc2c1. The average Bonchev–Trinajstić information content (AvgIpc) is 3.61. The molecule has 3 aromatic rings. The van der Waals surface area contributed by atoms with Crippen LogP contribution >= 0.6 is 11.6 Å². The quantitative estimate of drug-likeness (QED) is 0.395. The number of benzene rings is 1. The van der Waals surface area contributed by atoms with E-state index in [4.69, 9.17) is 11.6 Å². The number of hydrogen-bond acceptors (Lipinski definition) is 5. The molecule has 1 amide bonds. The van der Waals surface area contributed by atoms with Crippen LogP contribution in [0.4, 0.5) is 14.6 Å². The van der Waals surface area contributed by atoms with Gasteiger partial charge in [-0.3, -0.25) is 13.6 Å². The predicted molar refractivity (Wildman–Crippen MR) is 144 cm³/mol. The molecule has 2 bridgehead atoms. The number of fused-ring (bicyclic) bond motifs is 3. The van der Waals surface area contributed by atoms with Gasteiger partial charge in [-0.15, -0.1) is 0 Å². The number of amides is 1. The Hall–Kier alpha value is -2.76. The van der Waals surface area contributed by atoms with E-state index in [0.717, 1.165) is 43.4 Å². The van der Waals surface area contributed by atoms with E-state index in [9.17, 15) is 22.0 Å². The van der Waals surface area contributed by atoms with Gasteiger partial charge >= 0.3 is 0 Å². The fourth-order valence-electron chi connectivity index (χ4n) is 5.94. The second-order valence-corrected chi connectivity index (χ2v) is 13.1. The highest BCUT2D eigenvalue weighted by atomic mass is 35.5. The maximum absolute atomic E-state index is 13.6. The summed E-state index contributed by atoms with van der Waals surface area (Å²) in [5, 5.41) is 0.0822. The van der Waals surface area contributed by atoms with Crippen LogP contribution in [0.3, 0.4) is 0 Å². The van der Waals surface area contributed by atoms with Crippen LogP contribution in [0.1, 0.15) is 54.2 Å². The molecule has 1 aliphatic carbocycles. The molecule has 2 atom stereocenters. The lowest BCUT2D eigenvalue weighted by atomic mass is 10.1. The Bertz CT molecular complexity index is 1530. The van der Waals surface area contributed by atoms with Crippen molar-refractivity contribution in [3.63, 3.8) is 0 Å². The first-order chi connectivity index (χ1) is 18.7. The number of carbonyl (C=O) groups excluding carboxylic acids is 1. The maximum atomic E-state index is 13.6. The first-order valence-corrected chi connectivity index (χ1v) is 15.1. The molecular formula is C27H30ClF2N5O3S. The van der Waals surface area contributed by atoms with Gasteiger partial charge in [-0.25, -0.2) is 22.1 Å². The number of sulfonamides is 1. The number of alkyl halides is 1. The van der Waals surface area contributed by atoms with E-state index in [1.54, 1.807) is 23.2 Å². The predicted octanol–water partition coefficient (Wildman–Crippen LogP) is 4.48. The van der Waals surface area contributed by atoms with Crippen LogP contribution in [0, 0.1) is 5.82 Å². The molecule has 3 aliphatic rings. The second-order valence-electron chi connectivity index (χ2n) is 10.7. The normalized spacial score (nSPS) is 21.4. The van der Waals surface area contributed by atoms with Crippen molar-refractivity contribution in [3.05, 3.63) is 58.8 Å². The van der Waals surface area contributed by atoms with Gasteiger partial charge < -0.3 is 9.80 Å². The Morgan fingerprint density at radius 2 is 1.85 bits per heavy atom. The number of pyridine rings is 1. The van der Waals surface area contributed by atoms with Gasteiger partial charge in [0, 0.05) is 44.7 Å². The lowest BCUT2D eigenvalue weighted by Gasteiger charge is -2.43. The number of carbonyl (C=O) groups is 1. The average molecular weight is 578 g/mol. The third-order valence-electron chi connectivity index (χ3n) is 8.06. The minimum absolute atomic E-state index is 0.0354. The minimum Gasteiger partial charge on any atom is -0.348 e. The maximum Gasteiger partial charge on any atom is 0.255 e. The summed E-state index contributed by atoms with van der Waals surface area (Å²) in [5.41, 5.74) is 0.964. The summed E-state index contributed by atoms with van der Waals surface area (Å²) in [5.74, 6) is 1.27. The molecule has 0 radical (unpaired) electrons. The van der Waals surface area contributed by atoms with Gasteiger partial charge in [0.25, 0.3) is 5.91 Å². The number of aromatic nitrogens is 2. The zero-order valence-corrected chi connectivity index (χ0v) is 23.1. The monoisotopic (exact) mass is 577 g/mol. The van der Waals surface area contributed by atoms with Gasteiger partial charge in [-0.1, -0.05) is 11.6 Å². The standard InChI is InChI=1S/C27H30ClF2N5O3S/c1-32(10-2-9-29)39(37,38)22-12-21-14-31-26(17-3-4-17)35(21)25(13-22)34-19-6-7-20(34)16-33(15-19)27(36)23-8-5-18(30)11-24(23)28/h5,8,11-14,17,19-20H,2-4,6-7,9-10,15-16H2,1H3/t19-,20+. The summed E-state index contributed by atoms with van der Waals surface area (Å²) in [6.45, 7) is 0.369. The first kappa shape index (κ1) is 26.5. The number of rotatable bonds is 8. The highest BCUT2D eigenvalue weighted by Crippen LogP contribution is 2.43. The van der Waals surface area contributed by atoms with Crippen molar-refractivity contribution in [2.45, 2.75) is 55.0 Å². The van der Waals surface area contributed by atoms with E-state index in [1.165, 1.54) is 23.5 Å². The number of halogens is 3. The van der Waals surface area contributed by atoms with Crippen LogP contribution in [-0.4, -0.2) is 78.4 Å². The van der Waals surface area contributed by atoms with Crippen LogP contribution in [0.5, 0.6) is 0 Å². The van der Waals surface area contributed by atoms with E-state index in [2.05, 4.69) is 14.3 Å². The molecule has 2 aromatic heterocycles. The molecule has 2 aliphatic heterocycles.